The topological polar surface area (TPSA) is 65.4 Å². The average Bonchev–Trinajstić information content (AvgIpc) is 2.98. The van der Waals surface area contributed by atoms with Gasteiger partial charge in [0.1, 0.15) is 5.82 Å². The van der Waals surface area contributed by atoms with E-state index in [-0.39, 0.29) is 16.9 Å². The summed E-state index contributed by atoms with van der Waals surface area (Å²) in [5.74, 6) is 1.12. The predicted molar refractivity (Wildman–Crippen MR) is 108 cm³/mol. The number of hydrogen-bond acceptors (Lipinski definition) is 4. The number of nitrogens with zero attached hydrogens (tertiary/aromatic N) is 2. The van der Waals surface area contributed by atoms with Crippen LogP contribution in [-0.4, -0.2) is 29.9 Å². The van der Waals surface area contributed by atoms with E-state index in [1.54, 1.807) is 12.1 Å². The van der Waals surface area contributed by atoms with Crippen molar-refractivity contribution >= 4 is 23.3 Å². The maximum absolute atomic E-state index is 12.9. The highest BCUT2D eigenvalue weighted by molar-refractivity contribution is 6.32. The first-order valence-electron chi connectivity index (χ1n) is 8.72. The van der Waals surface area contributed by atoms with E-state index in [2.05, 4.69) is 26.1 Å². The summed E-state index contributed by atoms with van der Waals surface area (Å²) in [4.78, 5) is 12.9. The van der Waals surface area contributed by atoms with E-state index in [0.29, 0.717) is 27.9 Å². The van der Waals surface area contributed by atoms with Crippen molar-refractivity contribution in [3.05, 3.63) is 34.5 Å². The Kier molecular flexibility index (Phi) is 5.80. The van der Waals surface area contributed by atoms with E-state index >= 15 is 0 Å². The Bertz CT molecular complexity index is 845. The van der Waals surface area contributed by atoms with Gasteiger partial charge in [-0.3, -0.25) is 4.79 Å². The van der Waals surface area contributed by atoms with Crippen LogP contribution in [-0.2, 0) is 11.0 Å². The number of amides is 1. The maximum atomic E-state index is 12.9. The number of halogens is 1. The van der Waals surface area contributed by atoms with Crippen LogP contribution in [0, 0.1) is 0 Å². The third kappa shape index (κ3) is 4.56. The highest BCUT2D eigenvalue weighted by Crippen LogP contribution is 2.36. The second-order valence-electron chi connectivity index (χ2n) is 8.40. The summed E-state index contributed by atoms with van der Waals surface area (Å²) in [5, 5.41) is 7.96. The fraction of sp³-hybridized carbons (Fsp3) is 0.500. The van der Waals surface area contributed by atoms with Crippen molar-refractivity contribution in [2.24, 2.45) is 0 Å². The summed E-state index contributed by atoms with van der Waals surface area (Å²) in [6.45, 7) is 12.4. The van der Waals surface area contributed by atoms with Crippen LogP contribution in [0.4, 0.5) is 5.82 Å². The van der Waals surface area contributed by atoms with E-state index in [1.165, 1.54) is 14.2 Å². The van der Waals surface area contributed by atoms with Crippen molar-refractivity contribution in [2.45, 2.75) is 52.5 Å². The minimum Gasteiger partial charge on any atom is -0.493 e. The number of hydrogen-bond donors (Lipinski definition) is 1. The molecule has 1 heterocycles. The molecule has 0 unspecified atom stereocenters. The number of ether oxygens (including phenoxy) is 2. The van der Waals surface area contributed by atoms with Gasteiger partial charge in [0.15, 0.2) is 11.5 Å². The molecule has 0 spiro atoms. The first-order chi connectivity index (χ1) is 12.4. The van der Waals surface area contributed by atoms with Gasteiger partial charge in [0.2, 0.25) is 0 Å². The number of methoxy groups -OCH3 is 2. The summed E-state index contributed by atoms with van der Waals surface area (Å²) in [7, 11) is 3.00. The third-order valence-corrected chi connectivity index (χ3v) is 4.33. The molecule has 0 bridgehead atoms. The van der Waals surface area contributed by atoms with E-state index < -0.39 is 0 Å². The lowest BCUT2D eigenvalue weighted by atomic mass is 9.92. The predicted octanol–water partition coefficient (Wildman–Crippen LogP) is 4.86. The van der Waals surface area contributed by atoms with Crippen LogP contribution in [0.3, 0.4) is 0 Å². The smallest absolute Gasteiger partial charge is 0.257 e. The molecule has 2 aromatic rings. The molecule has 1 N–H and O–H groups in total. The number of carbonyl (C=O) groups excluding carboxylic acids is 1. The molecule has 1 aromatic heterocycles. The highest BCUT2D eigenvalue weighted by atomic mass is 35.5. The molecule has 0 aliphatic heterocycles. The lowest BCUT2D eigenvalue weighted by Crippen LogP contribution is -2.27. The SMILES string of the molecule is COc1cc(C(=O)Nc2cc(C(C)(C)C)nn2C(C)(C)C)cc(Cl)c1OC. The Labute approximate surface area is 165 Å². The normalized spacial score (nSPS) is 12.0. The van der Waals surface area contributed by atoms with Gasteiger partial charge >= 0.3 is 0 Å². The second kappa shape index (κ2) is 7.43. The lowest BCUT2D eigenvalue weighted by molar-refractivity contribution is 0.102. The molecule has 148 valence electrons. The molecule has 2 rings (SSSR count). The molecule has 0 aliphatic rings. The number of carbonyl (C=O) groups is 1. The van der Waals surface area contributed by atoms with Crippen LogP contribution >= 0.6 is 11.6 Å². The van der Waals surface area contributed by atoms with Gasteiger partial charge in [-0.15, -0.1) is 0 Å². The Morgan fingerprint density at radius 1 is 1.07 bits per heavy atom. The molecule has 0 aliphatic carbocycles. The Hall–Kier alpha value is -2.21. The summed E-state index contributed by atoms with van der Waals surface area (Å²) in [6.07, 6.45) is 0. The Morgan fingerprint density at radius 3 is 2.19 bits per heavy atom. The zero-order valence-corrected chi connectivity index (χ0v) is 18.0. The van der Waals surface area contributed by atoms with Gasteiger partial charge in [-0.25, -0.2) is 4.68 Å². The minimum absolute atomic E-state index is 0.136. The molecule has 0 atom stereocenters. The lowest BCUT2D eigenvalue weighted by Gasteiger charge is -2.23. The summed E-state index contributed by atoms with van der Waals surface area (Å²) >= 11 is 6.23. The fourth-order valence-electron chi connectivity index (χ4n) is 2.59. The summed E-state index contributed by atoms with van der Waals surface area (Å²) in [5.41, 5.74) is 0.846. The van der Waals surface area contributed by atoms with Crippen LogP contribution < -0.4 is 14.8 Å². The Morgan fingerprint density at radius 2 is 1.70 bits per heavy atom. The van der Waals surface area contributed by atoms with Crippen LogP contribution in [0.15, 0.2) is 18.2 Å². The highest BCUT2D eigenvalue weighted by Gasteiger charge is 2.26. The quantitative estimate of drug-likeness (QED) is 0.805. The number of benzene rings is 1. The number of anilines is 1. The first-order valence-corrected chi connectivity index (χ1v) is 9.10. The van der Waals surface area contributed by atoms with Crippen molar-refractivity contribution in [3.63, 3.8) is 0 Å². The number of rotatable bonds is 4. The summed E-state index contributed by atoms with van der Waals surface area (Å²) in [6, 6.07) is 5.06. The van der Waals surface area contributed by atoms with E-state index in [4.69, 9.17) is 26.2 Å². The van der Waals surface area contributed by atoms with Crippen molar-refractivity contribution < 1.29 is 14.3 Å². The number of aromatic nitrogens is 2. The molecular weight excluding hydrogens is 366 g/mol. The van der Waals surface area contributed by atoms with Crippen molar-refractivity contribution in [1.29, 1.82) is 0 Å². The molecule has 0 saturated heterocycles. The van der Waals surface area contributed by atoms with E-state index in [9.17, 15) is 4.79 Å². The molecule has 1 aromatic carbocycles. The van der Waals surface area contributed by atoms with Crippen LogP contribution in [0.25, 0.3) is 0 Å². The van der Waals surface area contributed by atoms with Gasteiger partial charge < -0.3 is 14.8 Å². The van der Waals surface area contributed by atoms with Gasteiger partial charge in [-0.2, -0.15) is 5.10 Å². The van der Waals surface area contributed by atoms with Gasteiger partial charge in [0.05, 0.1) is 30.5 Å². The minimum atomic E-state index is -0.302. The Balaban J connectivity index is 2.44. The van der Waals surface area contributed by atoms with Crippen molar-refractivity contribution in [1.82, 2.24) is 9.78 Å². The van der Waals surface area contributed by atoms with E-state index in [0.717, 1.165) is 5.69 Å². The summed E-state index contributed by atoms with van der Waals surface area (Å²) < 4.78 is 12.3. The van der Waals surface area contributed by atoms with Gasteiger partial charge in [0, 0.05) is 17.0 Å². The third-order valence-electron chi connectivity index (χ3n) is 4.05. The van der Waals surface area contributed by atoms with Crippen LogP contribution in [0.1, 0.15) is 57.6 Å². The first kappa shape index (κ1) is 21.1. The second-order valence-corrected chi connectivity index (χ2v) is 8.80. The largest absolute Gasteiger partial charge is 0.493 e. The molecule has 0 radical (unpaired) electrons. The molecule has 6 nitrogen and oxygen atoms in total. The van der Waals surface area contributed by atoms with Crippen molar-refractivity contribution in [2.75, 3.05) is 19.5 Å². The van der Waals surface area contributed by atoms with Crippen LogP contribution in [0.2, 0.25) is 5.02 Å². The van der Waals surface area contributed by atoms with Gasteiger partial charge in [-0.05, 0) is 32.9 Å². The molecule has 7 heteroatoms. The standard InChI is InChI=1S/C20H28ClN3O3/c1-19(2,3)15-11-16(24(23-15)20(4,5)6)22-18(25)12-9-13(21)17(27-8)14(10-12)26-7/h9-11H,1-8H3,(H,22,25). The monoisotopic (exact) mass is 393 g/mol. The average molecular weight is 394 g/mol. The molecule has 1 amide bonds. The molecule has 0 fully saturated rings. The molecule has 27 heavy (non-hydrogen) atoms. The maximum Gasteiger partial charge on any atom is 0.257 e. The van der Waals surface area contributed by atoms with Crippen LogP contribution in [0.5, 0.6) is 11.5 Å². The van der Waals surface area contributed by atoms with Gasteiger partial charge in [-0.1, -0.05) is 32.4 Å². The number of nitrogens with one attached hydrogen (secondary N) is 1. The molecule has 0 saturated carbocycles. The van der Waals surface area contributed by atoms with Crippen molar-refractivity contribution in [3.8, 4) is 11.5 Å². The fourth-order valence-corrected chi connectivity index (χ4v) is 2.87. The zero-order chi connectivity index (χ0) is 20.6. The van der Waals surface area contributed by atoms with Gasteiger partial charge in [0.25, 0.3) is 5.91 Å². The zero-order valence-electron chi connectivity index (χ0n) is 17.2. The molecular formula is C20H28ClN3O3. The van der Waals surface area contributed by atoms with E-state index in [1.807, 2.05) is 31.5 Å².